The number of aromatic nitrogens is 4. The lowest BCUT2D eigenvalue weighted by Gasteiger charge is -2.17. The Labute approximate surface area is 75.0 Å². The number of aliphatic carboxylic acids is 1. The second kappa shape index (κ2) is 3.83. The monoisotopic (exact) mass is 185 g/mol. The zero-order valence-corrected chi connectivity index (χ0v) is 7.51. The van der Waals surface area contributed by atoms with Gasteiger partial charge in [-0.3, -0.25) is 4.79 Å². The fourth-order valence-electron chi connectivity index (χ4n) is 0.980. The molecule has 1 N–H and O–H groups in total. The van der Waals surface area contributed by atoms with Crippen LogP contribution in [0.15, 0.2) is 0 Å². The average Bonchev–Trinajstić information content (AvgIpc) is 2.47. The van der Waals surface area contributed by atoms with Crippen LogP contribution >= 0.6 is 0 Å². The van der Waals surface area contributed by atoms with E-state index in [1.165, 1.54) is 4.68 Å². The van der Waals surface area contributed by atoms with Crippen molar-refractivity contribution < 1.29 is 9.90 Å². The minimum Gasteiger partial charge on any atom is -0.480 e. The van der Waals surface area contributed by atoms with Crippen LogP contribution in [0.5, 0.6) is 0 Å². The molecule has 0 aliphatic heterocycles. The molecule has 1 rings (SSSR count). The number of nitrogens with zero attached hydrogens (tertiary/aromatic N) is 5. The Morgan fingerprint density at radius 2 is 2.38 bits per heavy atom. The molecule has 0 aromatic carbocycles. The summed E-state index contributed by atoms with van der Waals surface area (Å²) in [6.07, 6.45) is 0. The van der Waals surface area contributed by atoms with Crippen LogP contribution in [0.4, 0.5) is 5.95 Å². The van der Waals surface area contributed by atoms with E-state index in [4.69, 9.17) is 5.11 Å². The Hall–Kier alpha value is -1.66. The number of carboxylic acids is 1. The summed E-state index contributed by atoms with van der Waals surface area (Å²) in [7, 11) is 1.67. The zero-order chi connectivity index (χ0) is 9.84. The molecule has 0 amide bonds. The van der Waals surface area contributed by atoms with E-state index in [2.05, 4.69) is 15.5 Å². The summed E-state index contributed by atoms with van der Waals surface area (Å²) in [5.74, 6) is -0.435. The molecule has 1 aromatic rings. The summed E-state index contributed by atoms with van der Waals surface area (Å²) in [6.45, 7) is 2.31. The number of hydrogen-bond acceptors (Lipinski definition) is 5. The molecule has 0 atom stereocenters. The van der Waals surface area contributed by atoms with Crippen molar-refractivity contribution in [3.63, 3.8) is 0 Å². The van der Waals surface area contributed by atoms with Crippen LogP contribution in [-0.2, 0) is 11.8 Å². The first-order valence-electron chi connectivity index (χ1n) is 3.84. The Kier molecular flexibility index (Phi) is 2.78. The van der Waals surface area contributed by atoms with Crippen molar-refractivity contribution in [2.75, 3.05) is 18.0 Å². The van der Waals surface area contributed by atoms with Gasteiger partial charge in [0.05, 0.1) is 0 Å². The smallest absolute Gasteiger partial charge is 0.323 e. The molecular weight excluding hydrogens is 174 g/mol. The predicted octanol–water partition coefficient (Wildman–Crippen LogP) is -0.879. The fraction of sp³-hybridized carbons (Fsp3) is 0.667. The van der Waals surface area contributed by atoms with E-state index in [0.29, 0.717) is 12.5 Å². The molecule has 1 aromatic heterocycles. The first kappa shape index (κ1) is 9.43. The van der Waals surface area contributed by atoms with Crippen molar-refractivity contribution in [1.82, 2.24) is 20.2 Å². The lowest BCUT2D eigenvalue weighted by atomic mass is 10.5. The molecule has 72 valence electrons. The van der Waals surface area contributed by atoms with E-state index in [-0.39, 0.29) is 6.54 Å². The lowest BCUT2D eigenvalue weighted by Crippen LogP contribution is -2.31. The topological polar surface area (TPSA) is 84.1 Å². The molecule has 0 radical (unpaired) electrons. The van der Waals surface area contributed by atoms with Gasteiger partial charge < -0.3 is 10.0 Å². The van der Waals surface area contributed by atoms with Crippen LogP contribution < -0.4 is 4.90 Å². The largest absolute Gasteiger partial charge is 0.480 e. The van der Waals surface area contributed by atoms with Gasteiger partial charge in [0, 0.05) is 13.6 Å². The van der Waals surface area contributed by atoms with Gasteiger partial charge in [-0.2, -0.15) is 0 Å². The van der Waals surface area contributed by atoms with Gasteiger partial charge in [-0.1, -0.05) is 5.10 Å². The highest BCUT2D eigenvalue weighted by Crippen LogP contribution is 2.04. The van der Waals surface area contributed by atoms with Crippen molar-refractivity contribution in [1.29, 1.82) is 0 Å². The van der Waals surface area contributed by atoms with Crippen LogP contribution in [0.1, 0.15) is 6.92 Å². The summed E-state index contributed by atoms with van der Waals surface area (Å²) in [6, 6.07) is 0. The Balaban J connectivity index is 2.78. The predicted molar refractivity (Wildman–Crippen MR) is 44.3 cm³/mol. The van der Waals surface area contributed by atoms with Gasteiger partial charge in [-0.05, 0) is 17.4 Å². The minimum atomic E-state index is -0.898. The standard InChI is InChI=1S/C6H11N5O2/c1-3-11(4-5(12)13)6-7-8-9-10(6)2/h3-4H2,1-2H3,(H,12,13). The van der Waals surface area contributed by atoms with Crippen molar-refractivity contribution in [3.05, 3.63) is 0 Å². The second-order valence-corrected chi connectivity index (χ2v) is 2.51. The number of likely N-dealkylation sites (N-methyl/N-ethyl adjacent to an activating group) is 1. The molecule has 7 heteroatoms. The molecule has 13 heavy (non-hydrogen) atoms. The normalized spacial score (nSPS) is 10.0. The van der Waals surface area contributed by atoms with E-state index in [1.807, 2.05) is 6.92 Å². The van der Waals surface area contributed by atoms with Crippen LogP contribution in [0.3, 0.4) is 0 Å². The third-order valence-electron chi connectivity index (χ3n) is 1.59. The minimum absolute atomic E-state index is 0.0925. The van der Waals surface area contributed by atoms with Crippen molar-refractivity contribution in [3.8, 4) is 0 Å². The quantitative estimate of drug-likeness (QED) is 0.655. The van der Waals surface area contributed by atoms with Crippen LogP contribution in [-0.4, -0.2) is 44.4 Å². The van der Waals surface area contributed by atoms with Gasteiger partial charge in [0.2, 0.25) is 5.95 Å². The Bertz CT molecular complexity index is 297. The fourth-order valence-corrected chi connectivity index (χ4v) is 0.980. The van der Waals surface area contributed by atoms with Gasteiger partial charge in [0.25, 0.3) is 0 Å². The third kappa shape index (κ3) is 2.14. The van der Waals surface area contributed by atoms with E-state index < -0.39 is 5.97 Å². The number of anilines is 1. The highest BCUT2D eigenvalue weighted by molar-refractivity contribution is 5.72. The molecule has 0 aliphatic rings. The van der Waals surface area contributed by atoms with Gasteiger partial charge >= 0.3 is 5.97 Å². The summed E-state index contributed by atoms with van der Waals surface area (Å²) in [5, 5.41) is 19.3. The summed E-state index contributed by atoms with van der Waals surface area (Å²) in [4.78, 5) is 12.0. The Morgan fingerprint density at radius 1 is 1.69 bits per heavy atom. The SMILES string of the molecule is CCN(CC(=O)O)c1nnnn1C. The molecule has 7 nitrogen and oxygen atoms in total. The van der Waals surface area contributed by atoms with Crippen LogP contribution in [0.25, 0.3) is 0 Å². The van der Waals surface area contributed by atoms with E-state index >= 15 is 0 Å². The number of rotatable bonds is 4. The average molecular weight is 185 g/mol. The van der Waals surface area contributed by atoms with Crippen molar-refractivity contribution in [2.45, 2.75) is 6.92 Å². The Morgan fingerprint density at radius 3 is 2.77 bits per heavy atom. The maximum Gasteiger partial charge on any atom is 0.323 e. The third-order valence-corrected chi connectivity index (χ3v) is 1.59. The first-order chi connectivity index (χ1) is 6.15. The highest BCUT2D eigenvalue weighted by atomic mass is 16.4. The van der Waals surface area contributed by atoms with E-state index in [0.717, 1.165) is 0 Å². The molecule has 0 saturated carbocycles. The lowest BCUT2D eigenvalue weighted by molar-refractivity contribution is -0.135. The van der Waals surface area contributed by atoms with Gasteiger partial charge in [0.1, 0.15) is 6.54 Å². The number of carboxylic acid groups (broad SMARTS) is 1. The van der Waals surface area contributed by atoms with E-state index in [1.54, 1.807) is 11.9 Å². The number of carbonyl (C=O) groups is 1. The number of hydrogen-bond donors (Lipinski definition) is 1. The zero-order valence-electron chi connectivity index (χ0n) is 7.51. The summed E-state index contributed by atoms with van der Waals surface area (Å²) >= 11 is 0. The van der Waals surface area contributed by atoms with Crippen molar-refractivity contribution >= 4 is 11.9 Å². The van der Waals surface area contributed by atoms with E-state index in [9.17, 15) is 4.79 Å². The molecule has 0 aliphatic carbocycles. The highest BCUT2D eigenvalue weighted by Gasteiger charge is 2.13. The molecule has 0 saturated heterocycles. The summed E-state index contributed by atoms with van der Waals surface area (Å²) < 4.78 is 1.44. The molecule has 1 heterocycles. The molecule has 0 bridgehead atoms. The molecular formula is C6H11N5O2. The van der Waals surface area contributed by atoms with Crippen molar-refractivity contribution in [2.24, 2.45) is 7.05 Å². The van der Waals surface area contributed by atoms with Crippen LogP contribution in [0.2, 0.25) is 0 Å². The molecule has 0 unspecified atom stereocenters. The van der Waals surface area contributed by atoms with Gasteiger partial charge in [-0.15, -0.1) is 0 Å². The number of aryl methyl sites for hydroxylation is 1. The first-order valence-corrected chi connectivity index (χ1v) is 3.84. The van der Waals surface area contributed by atoms with Crippen LogP contribution in [0, 0.1) is 0 Å². The van der Waals surface area contributed by atoms with Gasteiger partial charge in [-0.25, -0.2) is 4.68 Å². The number of tetrazole rings is 1. The second-order valence-electron chi connectivity index (χ2n) is 2.51. The molecule has 0 spiro atoms. The molecule has 0 fully saturated rings. The maximum atomic E-state index is 10.5. The maximum absolute atomic E-state index is 10.5. The summed E-state index contributed by atoms with van der Waals surface area (Å²) in [5.41, 5.74) is 0. The van der Waals surface area contributed by atoms with Gasteiger partial charge in [0.15, 0.2) is 0 Å².